The minimum absolute atomic E-state index is 0.175. The number of amides is 2. The van der Waals surface area contributed by atoms with E-state index in [0.717, 1.165) is 22.0 Å². The Morgan fingerprint density at radius 3 is 2.60 bits per heavy atom. The standard InChI is InChI=1S/C22H21N5O3/c28-19(11-6-12-21-24-22(27-30-21)15-7-2-1-3-8-15)25-26-20(29)13-16-14-23-18-10-5-4-9-17(16)18/h1-5,7-10,14,23H,6,11-13H2,(H,25,28)(H,26,29). The number of nitrogens with zero attached hydrogens (tertiary/aromatic N) is 2. The van der Waals surface area contributed by atoms with Crippen LogP contribution < -0.4 is 10.9 Å². The fourth-order valence-electron chi connectivity index (χ4n) is 3.16. The number of fused-ring (bicyclic) bond motifs is 1. The van der Waals surface area contributed by atoms with Crippen molar-refractivity contribution in [2.75, 3.05) is 0 Å². The molecule has 0 radical (unpaired) electrons. The fourth-order valence-corrected chi connectivity index (χ4v) is 3.16. The molecule has 3 N–H and O–H groups in total. The van der Waals surface area contributed by atoms with Gasteiger partial charge in [0.25, 0.3) is 0 Å². The van der Waals surface area contributed by atoms with Crippen LogP contribution in [0.15, 0.2) is 65.3 Å². The molecule has 2 aromatic heterocycles. The average molecular weight is 403 g/mol. The normalized spacial score (nSPS) is 10.8. The van der Waals surface area contributed by atoms with E-state index < -0.39 is 0 Å². The summed E-state index contributed by atoms with van der Waals surface area (Å²) in [5.74, 6) is 0.451. The largest absolute Gasteiger partial charge is 0.361 e. The zero-order chi connectivity index (χ0) is 20.8. The van der Waals surface area contributed by atoms with Crippen LogP contribution in [0.2, 0.25) is 0 Å². The van der Waals surface area contributed by atoms with Gasteiger partial charge in [-0.25, -0.2) is 0 Å². The van der Waals surface area contributed by atoms with E-state index in [1.807, 2.05) is 54.6 Å². The molecule has 0 atom stereocenters. The molecule has 152 valence electrons. The van der Waals surface area contributed by atoms with Crippen LogP contribution in [0.3, 0.4) is 0 Å². The highest BCUT2D eigenvalue weighted by atomic mass is 16.5. The van der Waals surface area contributed by atoms with Crippen molar-refractivity contribution < 1.29 is 14.1 Å². The van der Waals surface area contributed by atoms with Crippen molar-refractivity contribution in [3.63, 3.8) is 0 Å². The summed E-state index contributed by atoms with van der Waals surface area (Å²) in [5.41, 5.74) is 7.63. The Hall–Kier alpha value is -3.94. The van der Waals surface area contributed by atoms with Gasteiger partial charge >= 0.3 is 0 Å². The number of nitrogens with one attached hydrogen (secondary N) is 3. The molecule has 0 aliphatic carbocycles. The van der Waals surface area contributed by atoms with Gasteiger partial charge in [0.1, 0.15) is 0 Å². The number of aromatic amines is 1. The molecule has 2 aromatic carbocycles. The Labute approximate surface area is 172 Å². The summed E-state index contributed by atoms with van der Waals surface area (Å²) in [6.45, 7) is 0. The predicted octanol–water partition coefficient (Wildman–Crippen LogP) is 2.93. The van der Waals surface area contributed by atoms with Gasteiger partial charge < -0.3 is 9.51 Å². The van der Waals surface area contributed by atoms with Crippen LogP contribution in [0.4, 0.5) is 0 Å². The van der Waals surface area contributed by atoms with Crippen LogP contribution in [0.1, 0.15) is 24.3 Å². The van der Waals surface area contributed by atoms with E-state index in [1.54, 1.807) is 6.20 Å². The number of hydrogen-bond acceptors (Lipinski definition) is 5. The van der Waals surface area contributed by atoms with Gasteiger partial charge in [0.15, 0.2) is 0 Å². The third kappa shape index (κ3) is 4.72. The summed E-state index contributed by atoms with van der Waals surface area (Å²) in [7, 11) is 0. The number of aromatic nitrogens is 3. The molecule has 0 spiro atoms. The molecular formula is C22H21N5O3. The molecule has 2 heterocycles. The molecule has 4 rings (SSSR count). The number of carbonyl (C=O) groups is 2. The Kier molecular flexibility index (Phi) is 5.84. The molecule has 0 bridgehead atoms. The number of hydrazine groups is 1. The maximum Gasteiger partial charge on any atom is 0.242 e. The van der Waals surface area contributed by atoms with E-state index in [2.05, 4.69) is 26.0 Å². The number of aryl methyl sites for hydroxylation is 1. The summed E-state index contributed by atoms with van der Waals surface area (Å²) < 4.78 is 5.23. The highest BCUT2D eigenvalue weighted by molar-refractivity contribution is 5.89. The SMILES string of the molecule is O=C(CCCc1nc(-c2ccccc2)no1)NNC(=O)Cc1c[nH]c2ccccc12. The van der Waals surface area contributed by atoms with Gasteiger partial charge in [0.2, 0.25) is 23.5 Å². The van der Waals surface area contributed by atoms with Crippen LogP contribution in [-0.4, -0.2) is 26.9 Å². The third-order valence-corrected chi connectivity index (χ3v) is 4.66. The number of H-pyrrole nitrogens is 1. The first-order valence-electron chi connectivity index (χ1n) is 9.70. The lowest BCUT2D eigenvalue weighted by atomic mass is 10.1. The Morgan fingerprint density at radius 1 is 0.967 bits per heavy atom. The fraction of sp³-hybridized carbons (Fsp3) is 0.182. The lowest BCUT2D eigenvalue weighted by Crippen LogP contribution is -2.42. The van der Waals surface area contributed by atoms with E-state index in [4.69, 9.17) is 4.52 Å². The van der Waals surface area contributed by atoms with Gasteiger partial charge in [0.05, 0.1) is 6.42 Å². The Bertz CT molecular complexity index is 1150. The van der Waals surface area contributed by atoms with Crippen molar-refractivity contribution in [2.24, 2.45) is 0 Å². The summed E-state index contributed by atoms with van der Waals surface area (Å²) in [6.07, 6.45) is 3.22. The predicted molar refractivity (Wildman–Crippen MR) is 111 cm³/mol. The quantitative estimate of drug-likeness (QED) is 0.411. The van der Waals surface area contributed by atoms with E-state index in [1.165, 1.54) is 0 Å². The molecule has 8 heteroatoms. The number of carbonyl (C=O) groups excluding carboxylic acids is 2. The molecular weight excluding hydrogens is 382 g/mol. The summed E-state index contributed by atoms with van der Waals surface area (Å²) in [4.78, 5) is 31.6. The van der Waals surface area contributed by atoms with Gasteiger partial charge in [0, 0.05) is 35.5 Å². The highest BCUT2D eigenvalue weighted by Crippen LogP contribution is 2.18. The first-order valence-corrected chi connectivity index (χ1v) is 9.70. The van der Waals surface area contributed by atoms with Crippen LogP contribution >= 0.6 is 0 Å². The van der Waals surface area contributed by atoms with Crippen molar-refractivity contribution in [3.05, 3.63) is 72.2 Å². The second-order valence-electron chi connectivity index (χ2n) is 6.86. The van der Waals surface area contributed by atoms with Gasteiger partial charge in [-0.2, -0.15) is 4.98 Å². The Balaban J connectivity index is 1.19. The third-order valence-electron chi connectivity index (χ3n) is 4.66. The zero-order valence-corrected chi connectivity index (χ0v) is 16.2. The number of rotatable bonds is 7. The van der Waals surface area contributed by atoms with Crippen molar-refractivity contribution in [2.45, 2.75) is 25.7 Å². The number of benzene rings is 2. The van der Waals surface area contributed by atoms with Crippen LogP contribution in [-0.2, 0) is 22.4 Å². The van der Waals surface area contributed by atoms with E-state index in [-0.39, 0.29) is 24.7 Å². The molecule has 0 saturated heterocycles. The number of hydrogen-bond donors (Lipinski definition) is 3. The van der Waals surface area contributed by atoms with Crippen molar-refractivity contribution in [1.29, 1.82) is 0 Å². The first-order chi connectivity index (χ1) is 14.7. The molecule has 2 amide bonds. The summed E-state index contributed by atoms with van der Waals surface area (Å²) >= 11 is 0. The minimum atomic E-state index is -0.280. The maximum absolute atomic E-state index is 12.1. The Morgan fingerprint density at radius 2 is 1.73 bits per heavy atom. The monoisotopic (exact) mass is 403 g/mol. The second-order valence-corrected chi connectivity index (χ2v) is 6.86. The van der Waals surface area contributed by atoms with Gasteiger partial charge in [-0.1, -0.05) is 53.7 Å². The smallest absolute Gasteiger partial charge is 0.242 e. The molecule has 0 saturated carbocycles. The molecule has 30 heavy (non-hydrogen) atoms. The lowest BCUT2D eigenvalue weighted by molar-refractivity contribution is -0.128. The summed E-state index contributed by atoms with van der Waals surface area (Å²) in [6, 6.07) is 17.3. The van der Waals surface area contributed by atoms with E-state index >= 15 is 0 Å². The van der Waals surface area contributed by atoms with Crippen molar-refractivity contribution >= 4 is 22.7 Å². The van der Waals surface area contributed by atoms with Gasteiger partial charge in [-0.05, 0) is 18.1 Å². The summed E-state index contributed by atoms with van der Waals surface area (Å²) in [5, 5.41) is 4.95. The highest BCUT2D eigenvalue weighted by Gasteiger charge is 2.11. The number of para-hydroxylation sites is 1. The van der Waals surface area contributed by atoms with Crippen molar-refractivity contribution in [1.82, 2.24) is 26.0 Å². The van der Waals surface area contributed by atoms with Gasteiger partial charge in [-0.15, -0.1) is 0 Å². The maximum atomic E-state index is 12.1. The minimum Gasteiger partial charge on any atom is -0.361 e. The molecule has 0 aliphatic rings. The van der Waals surface area contributed by atoms with Crippen molar-refractivity contribution in [3.8, 4) is 11.4 Å². The second kappa shape index (κ2) is 9.04. The average Bonchev–Trinajstić information content (AvgIpc) is 3.41. The van der Waals surface area contributed by atoms with Gasteiger partial charge in [-0.3, -0.25) is 20.4 Å². The molecule has 0 unspecified atom stereocenters. The molecule has 0 aliphatic heterocycles. The molecule has 4 aromatic rings. The van der Waals surface area contributed by atoms with Crippen LogP contribution in [0, 0.1) is 0 Å². The van der Waals surface area contributed by atoms with E-state index in [9.17, 15) is 9.59 Å². The van der Waals surface area contributed by atoms with Crippen LogP contribution in [0.25, 0.3) is 22.3 Å². The molecule has 8 nitrogen and oxygen atoms in total. The zero-order valence-electron chi connectivity index (χ0n) is 16.2. The lowest BCUT2D eigenvalue weighted by Gasteiger charge is -2.06. The first kappa shape index (κ1) is 19.4. The van der Waals surface area contributed by atoms with Crippen LogP contribution in [0.5, 0.6) is 0 Å². The topological polar surface area (TPSA) is 113 Å². The van der Waals surface area contributed by atoms with E-state index in [0.29, 0.717) is 24.6 Å². The molecule has 0 fully saturated rings.